The number of benzene rings is 2. The average Bonchev–Trinajstić information content (AvgIpc) is 3.14. The highest BCUT2D eigenvalue weighted by Crippen LogP contribution is 2.36. The summed E-state index contributed by atoms with van der Waals surface area (Å²) in [5.41, 5.74) is 1.74. The molecule has 0 spiro atoms. The lowest BCUT2D eigenvalue weighted by Crippen LogP contribution is -2.40. The number of carbonyl (C=O) groups excluding carboxylic acids is 1. The third-order valence-corrected chi connectivity index (χ3v) is 7.03. The number of allylic oxidation sites excluding steroid dienone is 1. The van der Waals surface area contributed by atoms with Gasteiger partial charge >= 0.3 is 5.97 Å². The first-order valence-electron chi connectivity index (χ1n) is 10.7. The van der Waals surface area contributed by atoms with Crippen LogP contribution in [-0.2, 0) is 9.53 Å². The molecule has 1 aliphatic rings. The Hall–Kier alpha value is -3.07. The van der Waals surface area contributed by atoms with E-state index in [0.29, 0.717) is 47.7 Å². The Morgan fingerprint density at radius 1 is 1.14 bits per heavy atom. The zero-order chi connectivity index (χ0) is 25.3. The Morgan fingerprint density at radius 3 is 2.54 bits per heavy atom. The molecule has 4 rings (SSSR count). The molecule has 0 N–H and O–H groups in total. The minimum absolute atomic E-state index is 0.188. The Bertz CT molecular complexity index is 1520. The van der Waals surface area contributed by atoms with Crippen LogP contribution in [0.25, 0.3) is 6.08 Å². The van der Waals surface area contributed by atoms with E-state index in [9.17, 15) is 9.59 Å². The van der Waals surface area contributed by atoms with Crippen molar-refractivity contribution >= 4 is 46.6 Å². The summed E-state index contributed by atoms with van der Waals surface area (Å²) in [4.78, 5) is 31.7. The number of methoxy groups -OCH3 is 2. The van der Waals surface area contributed by atoms with Gasteiger partial charge in [-0.25, -0.2) is 9.79 Å². The quantitative estimate of drug-likeness (QED) is 0.446. The number of hydrogen-bond acceptors (Lipinski definition) is 7. The second-order valence-corrected chi connectivity index (χ2v) is 9.44. The lowest BCUT2D eigenvalue weighted by atomic mass is 9.95. The van der Waals surface area contributed by atoms with Gasteiger partial charge in [0.15, 0.2) is 16.3 Å². The second-order valence-electron chi connectivity index (χ2n) is 7.58. The smallest absolute Gasteiger partial charge is 0.338 e. The molecule has 182 valence electrons. The molecule has 3 aromatic rings. The number of esters is 1. The van der Waals surface area contributed by atoms with Gasteiger partial charge in [0, 0.05) is 10.0 Å². The molecule has 10 heteroatoms. The zero-order valence-electron chi connectivity index (χ0n) is 19.4. The highest BCUT2D eigenvalue weighted by Gasteiger charge is 2.33. The van der Waals surface area contributed by atoms with Crippen molar-refractivity contribution in [3.8, 4) is 11.5 Å². The molecular weight excluding hydrogens is 511 g/mol. The maximum Gasteiger partial charge on any atom is 0.338 e. The summed E-state index contributed by atoms with van der Waals surface area (Å²) >= 11 is 13.5. The van der Waals surface area contributed by atoms with E-state index >= 15 is 0 Å². The fourth-order valence-electron chi connectivity index (χ4n) is 3.89. The maximum atomic E-state index is 13.7. The number of nitrogens with zero attached hydrogens (tertiary/aromatic N) is 2. The molecule has 1 aromatic heterocycles. The van der Waals surface area contributed by atoms with Gasteiger partial charge in [0.2, 0.25) is 0 Å². The molecule has 0 fully saturated rings. The third-order valence-electron chi connectivity index (χ3n) is 5.49. The largest absolute Gasteiger partial charge is 0.493 e. The van der Waals surface area contributed by atoms with Crippen LogP contribution in [0.2, 0.25) is 10.0 Å². The van der Waals surface area contributed by atoms with Gasteiger partial charge in [-0.05, 0) is 55.3 Å². The fraction of sp³-hybridized carbons (Fsp3) is 0.240. The van der Waals surface area contributed by atoms with E-state index < -0.39 is 12.0 Å². The molecule has 2 heterocycles. The summed E-state index contributed by atoms with van der Waals surface area (Å²) in [7, 11) is 3.06. The molecule has 2 aromatic carbocycles. The SMILES string of the molecule is CCOC(=O)C1=C(C)N=c2s/c(=C/c3ccc(Cl)cc3Cl)c(=O)n2[C@H]1c1ccc(OC)c(OC)c1. The van der Waals surface area contributed by atoms with Crippen LogP contribution in [-0.4, -0.2) is 31.4 Å². The number of halogens is 2. The van der Waals surface area contributed by atoms with E-state index in [0.717, 1.165) is 0 Å². The van der Waals surface area contributed by atoms with E-state index in [-0.39, 0.29) is 17.7 Å². The number of ether oxygens (including phenoxy) is 3. The molecule has 7 nitrogen and oxygen atoms in total. The highest BCUT2D eigenvalue weighted by molar-refractivity contribution is 7.07. The molecule has 35 heavy (non-hydrogen) atoms. The summed E-state index contributed by atoms with van der Waals surface area (Å²) in [6.45, 7) is 3.64. The van der Waals surface area contributed by atoms with Crippen molar-refractivity contribution in [2.75, 3.05) is 20.8 Å². The van der Waals surface area contributed by atoms with Gasteiger partial charge in [-0.1, -0.05) is 46.7 Å². The lowest BCUT2D eigenvalue weighted by molar-refractivity contribution is -0.139. The fourth-order valence-corrected chi connectivity index (χ4v) is 5.39. The Labute approximate surface area is 215 Å². The number of fused-ring (bicyclic) bond motifs is 1. The predicted molar refractivity (Wildman–Crippen MR) is 136 cm³/mol. The van der Waals surface area contributed by atoms with Crippen LogP contribution in [0, 0.1) is 0 Å². The molecule has 1 aliphatic heterocycles. The van der Waals surface area contributed by atoms with Crippen LogP contribution in [0.4, 0.5) is 0 Å². The molecule has 1 atom stereocenters. The summed E-state index contributed by atoms with van der Waals surface area (Å²) in [6.07, 6.45) is 1.69. The van der Waals surface area contributed by atoms with Gasteiger partial charge in [0.05, 0.1) is 42.7 Å². The molecule has 0 radical (unpaired) electrons. The van der Waals surface area contributed by atoms with Gasteiger partial charge in [0.1, 0.15) is 0 Å². The van der Waals surface area contributed by atoms with E-state index in [1.165, 1.54) is 30.1 Å². The van der Waals surface area contributed by atoms with E-state index in [2.05, 4.69) is 4.99 Å². The summed E-state index contributed by atoms with van der Waals surface area (Å²) in [5, 5.41) is 0.917. The highest BCUT2D eigenvalue weighted by atomic mass is 35.5. The first-order valence-corrected chi connectivity index (χ1v) is 12.2. The first-order chi connectivity index (χ1) is 16.8. The standard InChI is InChI=1S/C25H22Cl2N2O5S/c1-5-34-24(31)21-13(2)28-25-29(22(21)15-7-9-18(32-3)19(10-15)33-4)23(30)20(35-25)11-14-6-8-16(26)12-17(14)27/h6-12,22H,5H2,1-4H3/b20-11+/t22-/m0/s1. The van der Waals surface area contributed by atoms with E-state index in [1.54, 1.807) is 56.3 Å². The van der Waals surface area contributed by atoms with Crippen molar-refractivity contribution in [3.05, 3.63) is 88.5 Å². The summed E-state index contributed by atoms with van der Waals surface area (Å²) in [6, 6.07) is 9.55. The average molecular weight is 533 g/mol. The topological polar surface area (TPSA) is 79.1 Å². The van der Waals surface area contributed by atoms with Crippen LogP contribution in [0.5, 0.6) is 11.5 Å². The normalized spacial score (nSPS) is 15.5. The predicted octanol–water partition coefficient (Wildman–Crippen LogP) is 4.12. The maximum absolute atomic E-state index is 13.7. The van der Waals surface area contributed by atoms with Crippen LogP contribution in [0.3, 0.4) is 0 Å². The van der Waals surface area contributed by atoms with Crippen LogP contribution in [0.1, 0.15) is 31.0 Å². The summed E-state index contributed by atoms with van der Waals surface area (Å²) < 4.78 is 18.1. The molecular formula is C25H22Cl2N2O5S. The zero-order valence-corrected chi connectivity index (χ0v) is 21.8. The van der Waals surface area contributed by atoms with Gasteiger partial charge in [0.25, 0.3) is 5.56 Å². The van der Waals surface area contributed by atoms with E-state index in [4.69, 9.17) is 37.4 Å². The third kappa shape index (κ3) is 4.74. The van der Waals surface area contributed by atoms with Crippen molar-refractivity contribution in [2.24, 2.45) is 4.99 Å². The Kier molecular flexibility index (Phi) is 7.35. The number of hydrogen-bond donors (Lipinski definition) is 0. The van der Waals surface area contributed by atoms with Crippen LogP contribution in [0.15, 0.2) is 57.5 Å². The van der Waals surface area contributed by atoms with Crippen molar-refractivity contribution in [1.29, 1.82) is 0 Å². The molecule has 0 aliphatic carbocycles. The first kappa shape index (κ1) is 25.0. The number of thiazole rings is 1. The second kappa shape index (κ2) is 10.3. The molecule has 0 bridgehead atoms. The Balaban J connectivity index is 1.98. The minimum Gasteiger partial charge on any atom is -0.493 e. The van der Waals surface area contributed by atoms with Crippen LogP contribution < -0.4 is 24.4 Å². The minimum atomic E-state index is -0.770. The van der Waals surface area contributed by atoms with Gasteiger partial charge in [-0.2, -0.15) is 0 Å². The van der Waals surface area contributed by atoms with Gasteiger partial charge < -0.3 is 14.2 Å². The summed E-state index contributed by atoms with van der Waals surface area (Å²) in [5.74, 6) is 0.459. The molecule has 0 amide bonds. The number of rotatable bonds is 6. The lowest BCUT2D eigenvalue weighted by Gasteiger charge is -2.25. The molecule has 0 unspecified atom stereocenters. The molecule has 0 saturated heterocycles. The van der Waals surface area contributed by atoms with Gasteiger partial charge in [-0.3, -0.25) is 9.36 Å². The number of carbonyl (C=O) groups is 1. The van der Waals surface area contributed by atoms with Crippen molar-refractivity contribution in [2.45, 2.75) is 19.9 Å². The molecule has 0 saturated carbocycles. The van der Waals surface area contributed by atoms with Gasteiger partial charge in [-0.15, -0.1) is 0 Å². The Morgan fingerprint density at radius 2 is 1.89 bits per heavy atom. The monoisotopic (exact) mass is 532 g/mol. The van der Waals surface area contributed by atoms with Crippen molar-refractivity contribution < 1.29 is 19.0 Å². The van der Waals surface area contributed by atoms with Crippen molar-refractivity contribution in [3.63, 3.8) is 0 Å². The van der Waals surface area contributed by atoms with Crippen molar-refractivity contribution in [1.82, 2.24) is 4.57 Å². The number of aromatic nitrogens is 1. The van der Waals surface area contributed by atoms with Crippen LogP contribution >= 0.6 is 34.5 Å². The van der Waals surface area contributed by atoms with E-state index in [1.807, 2.05) is 0 Å².